The monoisotopic (exact) mass is 592 g/mol. The third kappa shape index (κ3) is 4.66. The molecule has 2 N–H and O–H groups in total. The molecule has 0 atom stereocenters. The van der Waals surface area contributed by atoms with Gasteiger partial charge >= 0.3 is 0 Å². The first-order chi connectivity index (χ1) is 15.7. The van der Waals surface area contributed by atoms with E-state index in [0.29, 0.717) is 22.1 Å². The van der Waals surface area contributed by atoms with Crippen molar-refractivity contribution in [3.63, 3.8) is 0 Å². The van der Waals surface area contributed by atoms with E-state index in [0.717, 1.165) is 24.6 Å². The highest BCUT2D eigenvalue weighted by atomic mass is 127. The van der Waals surface area contributed by atoms with Crippen molar-refractivity contribution < 1.29 is 14.4 Å². The van der Waals surface area contributed by atoms with Crippen molar-refractivity contribution in [2.75, 3.05) is 15.5 Å². The van der Waals surface area contributed by atoms with E-state index >= 15 is 0 Å². The van der Waals surface area contributed by atoms with Crippen LogP contribution in [0.3, 0.4) is 0 Å². The average Bonchev–Trinajstić information content (AvgIpc) is 3.19. The molecule has 0 aliphatic carbocycles. The van der Waals surface area contributed by atoms with E-state index in [1.807, 2.05) is 32.9 Å². The number of thiazole rings is 1. The van der Waals surface area contributed by atoms with E-state index in [-0.39, 0.29) is 16.6 Å². The van der Waals surface area contributed by atoms with Gasteiger partial charge in [-0.1, -0.05) is 17.7 Å². The Hall–Kier alpha value is -2.76. The highest BCUT2D eigenvalue weighted by Crippen LogP contribution is 2.32. The van der Waals surface area contributed by atoms with Gasteiger partial charge in [0.05, 0.1) is 11.4 Å². The number of carbonyl (C=O) groups is 3. The number of benzene rings is 2. The third-order valence-electron chi connectivity index (χ3n) is 5.07. The van der Waals surface area contributed by atoms with Gasteiger partial charge in [0.25, 0.3) is 17.7 Å². The lowest BCUT2D eigenvalue weighted by molar-refractivity contribution is -0.120. The van der Waals surface area contributed by atoms with Gasteiger partial charge < -0.3 is 5.32 Å². The van der Waals surface area contributed by atoms with Crippen LogP contribution in [0, 0.1) is 24.3 Å². The summed E-state index contributed by atoms with van der Waals surface area (Å²) in [6, 6.07) is 12.0. The van der Waals surface area contributed by atoms with E-state index in [1.54, 1.807) is 30.3 Å². The van der Waals surface area contributed by atoms with Gasteiger partial charge in [-0.05, 0) is 85.3 Å². The number of nitrogens with zero attached hydrogens (tertiary/aromatic N) is 2. The third-order valence-corrected chi connectivity index (χ3v) is 7.08. The second-order valence-electron chi connectivity index (χ2n) is 7.39. The van der Waals surface area contributed by atoms with Gasteiger partial charge in [0, 0.05) is 19.7 Å². The first kappa shape index (κ1) is 23.4. The maximum Gasteiger partial charge on any atom is 0.283 e. The lowest BCUT2D eigenvalue weighted by Gasteiger charge is -2.17. The fourth-order valence-electron chi connectivity index (χ4n) is 3.28. The molecule has 10 heteroatoms. The first-order valence-corrected chi connectivity index (χ1v) is 12.1. The summed E-state index contributed by atoms with van der Waals surface area (Å²) < 4.78 is 0.989. The van der Waals surface area contributed by atoms with Crippen LogP contribution in [-0.4, -0.2) is 22.7 Å². The molecular formula is C23H18ClIN4O3S. The van der Waals surface area contributed by atoms with Crippen molar-refractivity contribution in [2.24, 2.45) is 0 Å². The Balaban J connectivity index is 1.55. The van der Waals surface area contributed by atoms with Crippen molar-refractivity contribution in [1.29, 1.82) is 0 Å². The largest absolute Gasteiger partial charge is 0.350 e. The van der Waals surface area contributed by atoms with Crippen LogP contribution in [0.5, 0.6) is 0 Å². The molecule has 1 aromatic heterocycles. The van der Waals surface area contributed by atoms with Gasteiger partial charge in [0.1, 0.15) is 10.7 Å². The van der Waals surface area contributed by atoms with E-state index in [1.165, 1.54) is 11.3 Å². The zero-order valence-electron chi connectivity index (χ0n) is 17.8. The van der Waals surface area contributed by atoms with Crippen LogP contribution in [0.1, 0.15) is 26.5 Å². The molecule has 0 spiro atoms. The minimum atomic E-state index is -0.600. The zero-order valence-corrected chi connectivity index (χ0v) is 21.6. The number of carbonyl (C=O) groups excluding carboxylic acids is 3. The molecule has 3 aromatic rings. The number of aromatic nitrogens is 1. The minimum absolute atomic E-state index is 0.0386. The maximum absolute atomic E-state index is 13.1. The number of anilines is 3. The van der Waals surface area contributed by atoms with Crippen molar-refractivity contribution in [2.45, 2.75) is 20.8 Å². The highest BCUT2D eigenvalue weighted by Gasteiger charge is 2.39. The number of hydrogen-bond donors (Lipinski definition) is 2. The van der Waals surface area contributed by atoms with Crippen LogP contribution >= 0.6 is 45.5 Å². The normalized spacial score (nSPS) is 13.7. The lowest BCUT2D eigenvalue weighted by atomic mass is 10.2. The van der Waals surface area contributed by atoms with Crippen LogP contribution in [0.25, 0.3) is 0 Å². The molecule has 2 aromatic carbocycles. The molecule has 2 heterocycles. The van der Waals surface area contributed by atoms with E-state index < -0.39 is 11.8 Å². The number of aryl methyl sites for hydroxylation is 3. The standard InChI is InChI=1S/C23H18ClIN4O3S/c1-11-9-15(25)7-8-17(11)29-21(31)18(24)19(22(29)32)27-16-6-4-5-14(10-16)20(30)28-23-26-12(2)13(3)33-23/h4-10,27H,1-3H3,(H,26,28,30). The molecule has 0 saturated heterocycles. The molecule has 33 heavy (non-hydrogen) atoms. The smallest absolute Gasteiger partial charge is 0.283 e. The summed E-state index contributed by atoms with van der Waals surface area (Å²) in [6.45, 7) is 5.64. The summed E-state index contributed by atoms with van der Waals surface area (Å²) in [7, 11) is 0. The quantitative estimate of drug-likeness (QED) is 0.308. The molecule has 0 unspecified atom stereocenters. The molecule has 7 nitrogen and oxygen atoms in total. The molecule has 3 amide bonds. The van der Waals surface area contributed by atoms with Gasteiger partial charge in [-0.15, -0.1) is 11.3 Å². The molecule has 0 fully saturated rings. The Labute approximate surface area is 213 Å². The minimum Gasteiger partial charge on any atom is -0.350 e. The first-order valence-electron chi connectivity index (χ1n) is 9.83. The molecular weight excluding hydrogens is 575 g/mol. The highest BCUT2D eigenvalue weighted by molar-refractivity contribution is 14.1. The number of hydrogen-bond acceptors (Lipinski definition) is 6. The van der Waals surface area contributed by atoms with E-state index in [2.05, 4.69) is 38.2 Å². The van der Waals surface area contributed by atoms with Gasteiger partial charge in [0.2, 0.25) is 0 Å². The van der Waals surface area contributed by atoms with Gasteiger partial charge in [-0.3, -0.25) is 19.7 Å². The number of halogens is 2. The summed E-state index contributed by atoms with van der Waals surface area (Å²) in [5.41, 5.74) is 2.89. The van der Waals surface area contributed by atoms with Crippen LogP contribution in [0.2, 0.25) is 0 Å². The van der Waals surface area contributed by atoms with Crippen LogP contribution < -0.4 is 15.5 Å². The summed E-state index contributed by atoms with van der Waals surface area (Å²) in [4.78, 5) is 44.9. The Morgan fingerprint density at radius 1 is 1.09 bits per heavy atom. The molecule has 0 bridgehead atoms. The fourth-order valence-corrected chi connectivity index (χ4v) is 4.95. The van der Waals surface area contributed by atoms with Gasteiger partial charge in [-0.2, -0.15) is 0 Å². The van der Waals surface area contributed by atoms with Gasteiger partial charge in [0.15, 0.2) is 5.13 Å². The summed E-state index contributed by atoms with van der Waals surface area (Å²) >= 11 is 9.81. The van der Waals surface area contributed by atoms with E-state index in [9.17, 15) is 14.4 Å². The molecule has 0 radical (unpaired) electrons. The number of nitrogens with one attached hydrogen (secondary N) is 2. The second kappa shape index (κ2) is 9.24. The van der Waals surface area contributed by atoms with Crippen molar-refractivity contribution >= 4 is 79.8 Å². The molecule has 1 aliphatic heterocycles. The van der Waals surface area contributed by atoms with E-state index in [4.69, 9.17) is 11.6 Å². The Kier molecular flexibility index (Phi) is 6.55. The topological polar surface area (TPSA) is 91.4 Å². The summed E-state index contributed by atoms with van der Waals surface area (Å²) in [6.07, 6.45) is 0. The predicted octanol–water partition coefficient (Wildman–Crippen LogP) is 5.36. The Morgan fingerprint density at radius 2 is 1.85 bits per heavy atom. The Bertz CT molecular complexity index is 1330. The van der Waals surface area contributed by atoms with Crippen molar-refractivity contribution in [1.82, 2.24) is 4.98 Å². The second-order valence-corrected chi connectivity index (χ2v) is 10.2. The lowest BCUT2D eigenvalue weighted by Crippen LogP contribution is -2.32. The number of imide groups is 1. The van der Waals surface area contributed by atoms with Crippen LogP contribution in [0.15, 0.2) is 53.2 Å². The van der Waals surface area contributed by atoms with Crippen LogP contribution in [-0.2, 0) is 9.59 Å². The average molecular weight is 593 g/mol. The maximum atomic E-state index is 13.1. The Morgan fingerprint density at radius 3 is 2.52 bits per heavy atom. The number of rotatable bonds is 5. The fraction of sp³-hybridized carbons (Fsp3) is 0.130. The summed E-state index contributed by atoms with van der Waals surface area (Å²) in [5.74, 6) is -1.49. The summed E-state index contributed by atoms with van der Waals surface area (Å²) in [5, 5.41) is 6.00. The van der Waals surface area contributed by atoms with Crippen molar-refractivity contribution in [3.05, 3.63) is 78.5 Å². The van der Waals surface area contributed by atoms with Gasteiger partial charge in [-0.25, -0.2) is 9.88 Å². The molecule has 168 valence electrons. The molecule has 0 saturated carbocycles. The zero-order chi connectivity index (χ0) is 23.9. The predicted molar refractivity (Wildman–Crippen MR) is 139 cm³/mol. The molecule has 1 aliphatic rings. The van der Waals surface area contributed by atoms with Crippen LogP contribution in [0.4, 0.5) is 16.5 Å². The number of amides is 3. The van der Waals surface area contributed by atoms with Crippen molar-refractivity contribution in [3.8, 4) is 0 Å². The SMILES string of the molecule is Cc1cc(I)ccc1N1C(=O)C(Cl)=C(Nc2cccc(C(=O)Nc3nc(C)c(C)s3)c2)C1=O. The molecule has 4 rings (SSSR count).